The van der Waals surface area contributed by atoms with Crippen LogP contribution in [0.25, 0.3) is 0 Å². The Balaban J connectivity index is 2.36. The lowest BCUT2D eigenvalue weighted by molar-refractivity contribution is -0.171. The van der Waals surface area contributed by atoms with E-state index in [1.165, 1.54) is 0 Å². The van der Waals surface area contributed by atoms with Gasteiger partial charge in [-0.05, 0) is 25.3 Å². The second-order valence-corrected chi connectivity index (χ2v) is 3.76. The molecule has 88 valence electrons. The number of halogens is 3. The zero-order valence-corrected chi connectivity index (χ0v) is 8.97. The van der Waals surface area contributed by atoms with Crippen LogP contribution in [-0.2, 0) is 11.2 Å². The maximum absolute atomic E-state index is 11.9. The first-order valence-electron chi connectivity index (χ1n) is 5.05. The summed E-state index contributed by atoms with van der Waals surface area (Å²) in [6, 6.07) is 7.54. The van der Waals surface area contributed by atoms with Crippen molar-refractivity contribution in [3.63, 3.8) is 0 Å². The summed E-state index contributed by atoms with van der Waals surface area (Å²) in [5.74, 6) is -1.64. The molecule has 0 aliphatic heterocycles. The van der Waals surface area contributed by atoms with E-state index in [2.05, 4.69) is 0 Å². The molecule has 0 amide bonds. The van der Waals surface area contributed by atoms with Crippen molar-refractivity contribution < 1.29 is 18.0 Å². The summed E-state index contributed by atoms with van der Waals surface area (Å²) in [6.45, 7) is 1.94. The third-order valence-electron chi connectivity index (χ3n) is 2.31. The molecule has 16 heavy (non-hydrogen) atoms. The Morgan fingerprint density at radius 2 is 1.75 bits per heavy atom. The van der Waals surface area contributed by atoms with E-state index >= 15 is 0 Å². The summed E-state index contributed by atoms with van der Waals surface area (Å²) in [4.78, 5) is 10.6. The Morgan fingerprint density at radius 1 is 1.19 bits per heavy atom. The van der Waals surface area contributed by atoms with Gasteiger partial charge in [-0.25, -0.2) is 0 Å². The summed E-state index contributed by atoms with van der Waals surface area (Å²) >= 11 is 0. The Morgan fingerprint density at radius 3 is 2.25 bits per heavy atom. The second-order valence-electron chi connectivity index (χ2n) is 3.76. The van der Waals surface area contributed by atoms with Gasteiger partial charge in [0.2, 0.25) is 5.78 Å². The minimum atomic E-state index is -4.69. The molecule has 0 aliphatic carbocycles. The third kappa shape index (κ3) is 4.04. The molecule has 1 rings (SSSR count). The number of hydrogen-bond acceptors (Lipinski definition) is 1. The quantitative estimate of drug-likeness (QED) is 0.774. The van der Waals surface area contributed by atoms with Gasteiger partial charge in [-0.15, -0.1) is 0 Å². The smallest absolute Gasteiger partial charge is 0.290 e. The van der Waals surface area contributed by atoms with Crippen LogP contribution in [0.1, 0.15) is 24.0 Å². The first-order valence-corrected chi connectivity index (χ1v) is 5.05. The largest absolute Gasteiger partial charge is 0.449 e. The van der Waals surface area contributed by atoms with Crippen molar-refractivity contribution in [3.05, 3.63) is 35.4 Å². The summed E-state index contributed by atoms with van der Waals surface area (Å²) in [6.07, 6.45) is -4.38. The predicted molar refractivity (Wildman–Crippen MR) is 55.2 cm³/mol. The highest BCUT2D eigenvalue weighted by Crippen LogP contribution is 2.19. The molecule has 0 aliphatic rings. The lowest BCUT2D eigenvalue weighted by Crippen LogP contribution is -2.22. The first kappa shape index (κ1) is 12.7. The Hall–Kier alpha value is -1.32. The van der Waals surface area contributed by atoms with Crippen molar-refractivity contribution in [2.75, 3.05) is 0 Å². The van der Waals surface area contributed by atoms with E-state index in [-0.39, 0.29) is 6.42 Å². The van der Waals surface area contributed by atoms with Gasteiger partial charge in [-0.1, -0.05) is 29.8 Å². The number of hydrogen-bond donors (Lipinski definition) is 0. The van der Waals surface area contributed by atoms with Crippen LogP contribution in [0.3, 0.4) is 0 Å². The zero-order chi connectivity index (χ0) is 12.2. The van der Waals surface area contributed by atoms with Gasteiger partial charge in [-0.2, -0.15) is 13.2 Å². The molecule has 1 aromatic rings. The normalized spacial score (nSPS) is 11.5. The molecule has 0 atom stereocenters. The molecule has 0 saturated heterocycles. The highest BCUT2D eigenvalue weighted by molar-refractivity contribution is 5.83. The molecule has 4 heteroatoms. The molecule has 0 radical (unpaired) electrons. The van der Waals surface area contributed by atoms with Crippen molar-refractivity contribution in [2.24, 2.45) is 0 Å². The van der Waals surface area contributed by atoms with Crippen LogP contribution in [0.4, 0.5) is 13.2 Å². The zero-order valence-electron chi connectivity index (χ0n) is 8.97. The van der Waals surface area contributed by atoms with Gasteiger partial charge in [0.15, 0.2) is 0 Å². The average Bonchev–Trinajstić information content (AvgIpc) is 2.19. The average molecular weight is 230 g/mol. The maximum atomic E-state index is 11.9. The number of Topliss-reactive ketones (excluding diaryl/α,β-unsaturated/α-hetero) is 1. The molecule has 0 heterocycles. The van der Waals surface area contributed by atoms with Crippen LogP contribution >= 0.6 is 0 Å². The second kappa shape index (κ2) is 5.14. The van der Waals surface area contributed by atoms with E-state index in [1.807, 2.05) is 31.2 Å². The molecule has 0 saturated carbocycles. The van der Waals surface area contributed by atoms with E-state index in [0.29, 0.717) is 6.42 Å². The number of aryl methyl sites for hydroxylation is 2. The van der Waals surface area contributed by atoms with Crippen molar-refractivity contribution in [2.45, 2.75) is 32.4 Å². The van der Waals surface area contributed by atoms with Gasteiger partial charge in [-0.3, -0.25) is 4.79 Å². The van der Waals surface area contributed by atoms with Crippen LogP contribution in [-0.4, -0.2) is 12.0 Å². The van der Waals surface area contributed by atoms with Gasteiger partial charge in [0.05, 0.1) is 0 Å². The molecule has 0 fully saturated rings. The Labute approximate surface area is 92.3 Å². The van der Waals surface area contributed by atoms with Crippen LogP contribution < -0.4 is 0 Å². The fraction of sp³-hybridized carbons (Fsp3) is 0.417. The van der Waals surface area contributed by atoms with Crippen LogP contribution in [0, 0.1) is 6.92 Å². The molecule has 1 nitrogen and oxygen atoms in total. The number of ketones is 1. The molecule has 0 spiro atoms. The first-order chi connectivity index (χ1) is 7.39. The maximum Gasteiger partial charge on any atom is 0.449 e. The van der Waals surface area contributed by atoms with E-state index in [9.17, 15) is 18.0 Å². The Kier molecular flexibility index (Phi) is 4.10. The van der Waals surface area contributed by atoms with Crippen LogP contribution in [0.15, 0.2) is 24.3 Å². The van der Waals surface area contributed by atoms with Gasteiger partial charge < -0.3 is 0 Å². The SMILES string of the molecule is Cc1ccc(CCCC(=O)C(F)(F)F)cc1. The number of alkyl halides is 3. The number of carbonyl (C=O) groups is 1. The number of carbonyl (C=O) groups excluding carboxylic acids is 1. The monoisotopic (exact) mass is 230 g/mol. The lowest BCUT2D eigenvalue weighted by atomic mass is 10.1. The van der Waals surface area contributed by atoms with E-state index < -0.39 is 18.4 Å². The molecular formula is C12H13F3O. The van der Waals surface area contributed by atoms with E-state index in [4.69, 9.17) is 0 Å². The third-order valence-corrected chi connectivity index (χ3v) is 2.31. The standard InChI is InChI=1S/C12H13F3O/c1-9-5-7-10(8-6-9)3-2-4-11(16)12(13,14)15/h5-8H,2-4H2,1H3. The van der Waals surface area contributed by atoms with Crippen molar-refractivity contribution in [3.8, 4) is 0 Å². The molecular weight excluding hydrogens is 217 g/mol. The molecule has 1 aromatic carbocycles. The highest BCUT2D eigenvalue weighted by atomic mass is 19.4. The van der Waals surface area contributed by atoms with E-state index in [0.717, 1.165) is 11.1 Å². The molecule has 0 aromatic heterocycles. The molecule has 0 N–H and O–H groups in total. The lowest BCUT2D eigenvalue weighted by Gasteiger charge is -2.05. The Bertz CT molecular complexity index is 352. The summed E-state index contributed by atoms with van der Waals surface area (Å²) < 4.78 is 35.6. The van der Waals surface area contributed by atoms with Crippen molar-refractivity contribution in [1.29, 1.82) is 0 Å². The van der Waals surface area contributed by atoms with Crippen molar-refractivity contribution >= 4 is 5.78 Å². The fourth-order valence-electron chi connectivity index (χ4n) is 1.35. The molecule has 0 bridgehead atoms. The highest BCUT2D eigenvalue weighted by Gasteiger charge is 2.37. The number of benzene rings is 1. The topological polar surface area (TPSA) is 17.1 Å². The number of rotatable bonds is 4. The molecule has 0 unspecified atom stereocenters. The van der Waals surface area contributed by atoms with Gasteiger partial charge in [0.25, 0.3) is 0 Å². The minimum Gasteiger partial charge on any atom is -0.290 e. The van der Waals surface area contributed by atoms with E-state index in [1.54, 1.807) is 0 Å². The van der Waals surface area contributed by atoms with Crippen LogP contribution in [0.2, 0.25) is 0 Å². The summed E-state index contributed by atoms with van der Waals surface area (Å²) in [5, 5.41) is 0. The summed E-state index contributed by atoms with van der Waals surface area (Å²) in [5.41, 5.74) is 2.07. The van der Waals surface area contributed by atoms with Gasteiger partial charge in [0, 0.05) is 6.42 Å². The van der Waals surface area contributed by atoms with Crippen molar-refractivity contribution in [1.82, 2.24) is 0 Å². The van der Waals surface area contributed by atoms with Crippen LogP contribution in [0.5, 0.6) is 0 Å². The minimum absolute atomic E-state index is 0.238. The van der Waals surface area contributed by atoms with Gasteiger partial charge >= 0.3 is 6.18 Å². The fourth-order valence-corrected chi connectivity index (χ4v) is 1.35. The summed E-state index contributed by atoms with van der Waals surface area (Å²) in [7, 11) is 0. The predicted octanol–water partition coefficient (Wildman–Crippen LogP) is 3.45. The van der Waals surface area contributed by atoms with Gasteiger partial charge in [0.1, 0.15) is 0 Å².